The molecule has 1 fully saturated rings. The summed E-state index contributed by atoms with van der Waals surface area (Å²) >= 11 is 6.11. The lowest BCUT2D eigenvalue weighted by molar-refractivity contribution is 0.126. The number of aliphatic hydroxyl groups excluding tert-OH is 1. The quantitative estimate of drug-likeness (QED) is 0.760. The minimum atomic E-state index is -0.160. The Hall–Kier alpha value is -2.11. The first-order valence-electron chi connectivity index (χ1n) is 8.23. The number of hydrogen-bond acceptors (Lipinski definition) is 4. The molecule has 1 aliphatic rings. The van der Waals surface area contributed by atoms with Crippen molar-refractivity contribution in [2.24, 2.45) is 0 Å². The molecule has 2 aromatic heterocycles. The average molecular weight is 343 g/mol. The Morgan fingerprint density at radius 3 is 2.79 bits per heavy atom. The van der Waals surface area contributed by atoms with Gasteiger partial charge in [-0.3, -0.25) is 4.40 Å². The highest BCUT2D eigenvalue weighted by Gasteiger charge is 2.20. The summed E-state index contributed by atoms with van der Waals surface area (Å²) in [6.45, 7) is 0. The van der Waals surface area contributed by atoms with E-state index in [4.69, 9.17) is 11.6 Å². The van der Waals surface area contributed by atoms with Crippen molar-refractivity contribution in [3.05, 3.63) is 47.9 Å². The zero-order valence-electron chi connectivity index (χ0n) is 13.2. The molecule has 1 saturated carbocycles. The van der Waals surface area contributed by atoms with E-state index in [0.717, 1.165) is 48.4 Å². The second-order valence-electron chi connectivity index (χ2n) is 6.27. The number of nitrogens with zero attached hydrogens (tertiary/aromatic N) is 3. The predicted molar refractivity (Wildman–Crippen MR) is 95.3 cm³/mol. The maximum absolute atomic E-state index is 9.65. The molecule has 2 N–H and O–H groups in total. The van der Waals surface area contributed by atoms with Gasteiger partial charge in [-0.25, -0.2) is 9.97 Å². The van der Waals surface area contributed by atoms with Gasteiger partial charge in [-0.15, -0.1) is 0 Å². The molecule has 0 atom stereocenters. The van der Waals surface area contributed by atoms with Crippen molar-refractivity contribution in [3.8, 4) is 11.3 Å². The van der Waals surface area contributed by atoms with E-state index in [0.29, 0.717) is 11.1 Å². The molecule has 0 amide bonds. The summed E-state index contributed by atoms with van der Waals surface area (Å²) in [6.07, 6.45) is 8.95. The number of anilines is 1. The van der Waals surface area contributed by atoms with E-state index in [1.807, 2.05) is 41.1 Å². The fraction of sp³-hybridized carbons (Fsp3) is 0.333. The van der Waals surface area contributed by atoms with Gasteiger partial charge in [0.2, 0.25) is 0 Å². The van der Waals surface area contributed by atoms with Crippen LogP contribution in [0.2, 0.25) is 5.02 Å². The highest BCUT2D eigenvalue weighted by atomic mass is 35.5. The molecule has 0 aliphatic heterocycles. The molecule has 5 nitrogen and oxygen atoms in total. The molecule has 4 rings (SSSR count). The Morgan fingerprint density at radius 1 is 1.17 bits per heavy atom. The Labute approximate surface area is 145 Å². The molecule has 124 valence electrons. The highest BCUT2D eigenvalue weighted by Crippen LogP contribution is 2.27. The number of benzene rings is 1. The topological polar surface area (TPSA) is 62.5 Å². The van der Waals surface area contributed by atoms with Crippen LogP contribution in [0.15, 0.2) is 42.9 Å². The largest absolute Gasteiger partial charge is 0.393 e. The second-order valence-corrected chi connectivity index (χ2v) is 6.71. The molecule has 3 aromatic rings. The molecule has 0 saturated heterocycles. The maximum atomic E-state index is 9.65. The van der Waals surface area contributed by atoms with Gasteiger partial charge < -0.3 is 10.4 Å². The Balaban J connectivity index is 1.66. The van der Waals surface area contributed by atoms with Crippen molar-refractivity contribution in [2.45, 2.75) is 37.8 Å². The number of imidazole rings is 1. The number of hydrogen-bond donors (Lipinski definition) is 2. The van der Waals surface area contributed by atoms with Gasteiger partial charge in [-0.05, 0) is 37.8 Å². The van der Waals surface area contributed by atoms with Gasteiger partial charge in [0.25, 0.3) is 0 Å². The zero-order chi connectivity index (χ0) is 16.5. The van der Waals surface area contributed by atoms with Crippen molar-refractivity contribution in [3.63, 3.8) is 0 Å². The summed E-state index contributed by atoms with van der Waals surface area (Å²) < 4.78 is 2.03. The van der Waals surface area contributed by atoms with E-state index in [1.54, 1.807) is 6.20 Å². The van der Waals surface area contributed by atoms with Crippen LogP contribution in [0.1, 0.15) is 25.7 Å². The molecular formula is C18H19ClN4O. The highest BCUT2D eigenvalue weighted by molar-refractivity contribution is 6.30. The molecule has 2 heterocycles. The summed E-state index contributed by atoms with van der Waals surface area (Å²) in [6, 6.07) is 8.08. The van der Waals surface area contributed by atoms with Crippen LogP contribution in [0, 0.1) is 0 Å². The van der Waals surface area contributed by atoms with E-state index < -0.39 is 0 Å². The first-order valence-corrected chi connectivity index (χ1v) is 8.61. The summed E-state index contributed by atoms with van der Waals surface area (Å²) in [5.41, 5.74) is 2.81. The molecule has 0 bridgehead atoms. The van der Waals surface area contributed by atoms with Crippen molar-refractivity contribution >= 4 is 23.1 Å². The third-order valence-electron chi connectivity index (χ3n) is 4.59. The molecule has 0 spiro atoms. The first-order chi connectivity index (χ1) is 11.7. The van der Waals surface area contributed by atoms with E-state index in [9.17, 15) is 5.11 Å². The normalized spacial score (nSPS) is 21.1. The van der Waals surface area contributed by atoms with Gasteiger partial charge in [0.15, 0.2) is 11.5 Å². The fourth-order valence-corrected chi connectivity index (χ4v) is 3.49. The third kappa shape index (κ3) is 2.97. The predicted octanol–water partition coefficient (Wildman–Crippen LogP) is 3.77. The summed E-state index contributed by atoms with van der Waals surface area (Å²) in [5, 5.41) is 13.8. The smallest absolute Gasteiger partial charge is 0.180 e. The van der Waals surface area contributed by atoms with Crippen LogP contribution in [0.3, 0.4) is 0 Å². The van der Waals surface area contributed by atoms with Gasteiger partial charge >= 0.3 is 0 Å². The van der Waals surface area contributed by atoms with Crippen molar-refractivity contribution in [2.75, 3.05) is 5.32 Å². The molecule has 6 heteroatoms. The van der Waals surface area contributed by atoms with Crippen LogP contribution in [-0.2, 0) is 0 Å². The maximum Gasteiger partial charge on any atom is 0.180 e. The minimum Gasteiger partial charge on any atom is -0.393 e. The number of rotatable bonds is 3. The van der Waals surface area contributed by atoms with Crippen molar-refractivity contribution < 1.29 is 5.11 Å². The number of fused-ring (bicyclic) bond motifs is 1. The summed E-state index contributed by atoms with van der Waals surface area (Å²) in [5.74, 6) is 0.784. The van der Waals surface area contributed by atoms with Gasteiger partial charge in [0.05, 0.1) is 18.0 Å². The lowest BCUT2D eigenvalue weighted by Crippen LogP contribution is -2.28. The number of nitrogens with one attached hydrogen (secondary N) is 1. The van der Waals surface area contributed by atoms with Gasteiger partial charge in [-0.2, -0.15) is 0 Å². The minimum absolute atomic E-state index is 0.160. The fourth-order valence-electron chi connectivity index (χ4n) is 3.30. The van der Waals surface area contributed by atoms with E-state index in [-0.39, 0.29) is 6.10 Å². The third-order valence-corrected chi connectivity index (χ3v) is 4.82. The van der Waals surface area contributed by atoms with Crippen LogP contribution >= 0.6 is 11.6 Å². The standard InChI is InChI=1S/C18H19ClN4O/c19-13-3-1-2-12(10-13)16-11-21-18-17(20-8-9-23(16)18)22-14-4-6-15(24)7-5-14/h1-3,8-11,14-15,24H,4-7H2,(H,20,22). The van der Waals surface area contributed by atoms with Crippen LogP contribution < -0.4 is 5.32 Å². The van der Waals surface area contributed by atoms with Crippen LogP contribution in [-0.4, -0.2) is 31.6 Å². The molecule has 0 radical (unpaired) electrons. The second kappa shape index (κ2) is 6.42. The van der Waals surface area contributed by atoms with E-state index in [1.165, 1.54) is 0 Å². The number of aliphatic hydroxyl groups is 1. The van der Waals surface area contributed by atoms with Crippen molar-refractivity contribution in [1.29, 1.82) is 0 Å². The average Bonchev–Trinajstić information content (AvgIpc) is 3.02. The Morgan fingerprint density at radius 2 is 2.00 bits per heavy atom. The van der Waals surface area contributed by atoms with Gasteiger partial charge in [-0.1, -0.05) is 23.7 Å². The zero-order valence-corrected chi connectivity index (χ0v) is 13.9. The molecule has 0 unspecified atom stereocenters. The van der Waals surface area contributed by atoms with E-state index in [2.05, 4.69) is 15.3 Å². The van der Waals surface area contributed by atoms with Crippen LogP contribution in [0.5, 0.6) is 0 Å². The number of halogens is 1. The molecule has 24 heavy (non-hydrogen) atoms. The van der Waals surface area contributed by atoms with Gasteiger partial charge in [0.1, 0.15) is 0 Å². The first kappa shape index (κ1) is 15.4. The SMILES string of the molecule is OC1CCC(Nc2nccn3c(-c4cccc(Cl)c4)cnc23)CC1. The van der Waals surface area contributed by atoms with Crippen LogP contribution in [0.25, 0.3) is 16.9 Å². The Bertz CT molecular complexity index is 855. The van der Waals surface area contributed by atoms with E-state index >= 15 is 0 Å². The molecular weight excluding hydrogens is 324 g/mol. The number of aromatic nitrogens is 3. The van der Waals surface area contributed by atoms with Crippen LogP contribution in [0.4, 0.5) is 5.82 Å². The summed E-state index contributed by atoms with van der Waals surface area (Å²) in [4.78, 5) is 9.01. The Kier molecular flexibility index (Phi) is 4.12. The molecule has 1 aliphatic carbocycles. The van der Waals surface area contributed by atoms with Crippen molar-refractivity contribution in [1.82, 2.24) is 14.4 Å². The lowest BCUT2D eigenvalue weighted by atomic mass is 9.93. The monoisotopic (exact) mass is 342 g/mol. The van der Waals surface area contributed by atoms with Gasteiger partial charge in [0, 0.05) is 29.0 Å². The molecule has 1 aromatic carbocycles. The summed E-state index contributed by atoms with van der Waals surface area (Å²) in [7, 11) is 0. The lowest BCUT2D eigenvalue weighted by Gasteiger charge is -2.26.